The van der Waals surface area contributed by atoms with Crippen LogP contribution < -0.4 is 15.5 Å². The predicted octanol–water partition coefficient (Wildman–Crippen LogP) is 4.53. The third-order valence-corrected chi connectivity index (χ3v) is 5.53. The number of ether oxygens (including phenoxy) is 1. The zero-order chi connectivity index (χ0) is 19.7. The number of nitrogens with one attached hydrogen (secondary N) is 1. The van der Waals surface area contributed by atoms with Gasteiger partial charge in [-0.25, -0.2) is 0 Å². The first-order valence-corrected chi connectivity index (χ1v) is 9.59. The van der Waals surface area contributed by atoms with E-state index in [9.17, 15) is 9.59 Å². The van der Waals surface area contributed by atoms with Crippen molar-refractivity contribution in [2.75, 3.05) is 12.4 Å². The molecule has 1 amide bonds. The van der Waals surface area contributed by atoms with Crippen LogP contribution in [0.15, 0.2) is 70.8 Å². The first kappa shape index (κ1) is 18.0. The van der Waals surface area contributed by atoms with Gasteiger partial charge in [0.25, 0.3) is 5.91 Å². The maximum Gasteiger partial charge on any atom is 0.266 e. The summed E-state index contributed by atoms with van der Waals surface area (Å²) >= 11 is 1.35. The van der Waals surface area contributed by atoms with Crippen molar-refractivity contribution in [1.82, 2.24) is 4.57 Å². The maximum absolute atomic E-state index is 13.4. The molecular weight excluding hydrogens is 372 g/mol. The molecule has 0 unspecified atom stereocenters. The third-order valence-electron chi connectivity index (χ3n) is 4.66. The maximum atomic E-state index is 13.4. The zero-order valence-corrected chi connectivity index (χ0v) is 16.2. The third kappa shape index (κ3) is 2.97. The van der Waals surface area contributed by atoms with Gasteiger partial charge in [-0.3, -0.25) is 9.59 Å². The van der Waals surface area contributed by atoms with Gasteiger partial charge in [0.05, 0.1) is 23.1 Å². The number of para-hydroxylation sites is 2. The Labute approximate surface area is 165 Å². The minimum atomic E-state index is -0.253. The Balaban J connectivity index is 2.02. The second-order valence-corrected chi connectivity index (χ2v) is 7.21. The number of nitrogens with zero attached hydrogens (tertiary/aromatic N) is 1. The predicted molar refractivity (Wildman–Crippen MR) is 113 cm³/mol. The van der Waals surface area contributed by atoms with Gasteiger partial charge in [-0.1, -0.05) is 36.4 Å². The summed E-state index contributed by atoms with van der Waals surface area (Å²) in [5.74, 6) is 0.754. The Morgan fingerprint density at radius 3 is 2.54 bits per heavy atom. The number of rotatable bonds is 4. The number of methoxy groups -OCH3 is 1. The molecule has 6 heteroatoms. The molecule has 0 aliphatic rings. The minimum Gasteiger partial charge on any atom is -0.496 e. The van der Waals surface area contributed by atoms with Crippen LogP contribution in [0.4, 0.5) is 5.82 Å². The lowest BCUT2D eigenvalue weighted by Crippen LogP contribution is -2.21. The number of aromatic nitrogens is 1. The number of carbonyl (C=O) groups excluding carboxylic acids is 1. The van der Waals surface area contributed by atoms with Gasteiger partial charge in [-0.05, 0) is 29.6 Å². The van der Waals surface area contributed by atoms with Crippen molar-refractivity contribution in [3.63, 3.8) is 0 Å². The molecule has 5 nitrogen and oxygen atoms in total. The summed E-state index contributed by atoms with van der Waals surface area (Å²) in [5, 5.41) is 5.37. The van der Waals surface area contributed by atoms with E-state index in [1.807, 2.05) is 59.5 Å². The fourth-order valence-corrected chi connectivity index (χ4v) is 3.93. The molecule has 0 saturated heterocycles. The molecule has 4 rings (SSSR count). The van der Waals surface area contributed by atoms with Gasteiger partial charge in [-0.15, -0.1) is 11.3 Å². The molecule has 4 aromatic rings. The number of benzene rings is 2. The zero-order valence-electron chi connectivity index (χ0n) is 15.4. The molecule has 28 heavy (non-hydrogen) atoms. The van der Waals surface area contributed by atoms with Crippen LogP contribution in [0.5, 0.6) is 5.75 Å². The van der Waals surface area contributed by atoms with Gasteiger partial charge in [0.1, 0.15) is 11.6 Å². The molecule has 0 bridgehead atoms. The summed E-state index contributed by atoms with van der Waals surface area (Å²) in [6.07, 6.45) is 0. The van der Waals surface area contributed by atoms with Crippen LogP contribution in [-0.4, -0.2) is 17.6 Å². The Morgan fingerprint density at radius 1 is 1.04 bits per heavy atom. The number of thiophene rings is 1. The highest BCUT2D eigenvalue weighted by molar-refractivity contribution is 7.12. The van der Waals surface area contributed by atoms with E-state index in [2.05, 4.69) is 5.32 Å². The van der Waals surface area contributed by atoms with E-state index in [0.717, 1.165) is 5.52 Å². The van der Waals surface area contributed by atoms with E-state index in [0.29, 0.717) is 33.0 Å². The number of anilines is 1. The molecule has 2 aromatic carbocycles. The van der Waals surface area contributed by atoms with Crippen LogP contribution >= 0.6 is 11.3 Å². The van der Waals surface area contributed by atoms with E-state index in [-0.39, 0.29) is 11.3 Å². The van der Waals surface area contributed by atoms with Gasteiger partial charge >= 0.3 is 0 Å². The van der Waals surface area contributed by atoms with Crippen molar-refractivity contribution in [2.45, 2.75) is 0 Å². The number of aryl methyl sites for hydroxylation is 1. The van der Waals surface area contributed by atoms with E-state index in [4.69, 9.17) is 4.74 Å². The van der Waals surface area contributed by atoms with Gasteiger partial charge in [-0.2, -0.15) is 0 Å². The number of hydrogen-bond donors (Lipinski definition) is 1. The largest absolute Gasteiger partial charge is 0.496 e. The van der Waals surface area contributed by atoms with Gasteiger partial charge in [0.2, 0.25) is 0 Å². The van der Waals surface area contributed by atoms with Crippen LogP contribution in [-0.2, 0) is 7.05 Å². The molecule has 0 aliphatic carbocycles. The topological polar surface area (TPSA) is 60.3 Å². The monoisotopic (exact) mass is 390 g/mol. The summed E-state index contributed by atoms with van der Waals surface area (Å²) < 4.78 is 7.32. The first-order valence-electron chi connectivity index (χ1n) is 8.71. The Morgan fingerprint density at radius 2 is 1.79 bits per heavy atom. The fourth-order valence-electron chi connectivity index (χ4n) is 3.31. The fraction of sp³-hybridized carbons (Fsp3) is 0.0909. The summed E-state index contributed by atoms with van der Waals surface area (Å²) in [5.41, 5.74) is 1.63. The van der Waals surface area contributed by atoms with Gasteiger partial charge in [0, 0.05) is 18.0 Å². The Hall–Kier alpha value is -3.38. The molecule has 0 saturated carbocycles. The van der Waals surface area contributed by atoms with E-state index >= 15 is 0 Å². The molecular formula is C22H18N2O3S. The standard InChI is InChI=1S/C22H18N2O3S/c1-24-16-10-5-3-8-14(16)20(25)19(15-9-4-6-11-17(15)27-2)21(24)23-22(26)18-12-7-13-28-18/h3-13H,1-2H3,(H,23,26). The van der Waals surface area contributed by atoms with Crippen LogP contribution in [0.1, 0.15) is 9.67 Å². The number of carbonyl (C=O) groups is 1. The highest BCUT2D eigenvalue weighted by Gasteiger charge is 2.21. The molecule has 1 N–H and O–H groups in total. The minimum absolute atomic E-state index is 0.153. The van der Waals surface area contributed by atoms with Crippen LogP contribution in [0.3, 0.4) is 0 Å². The van der Waals surface area contributed by atoms with Crippen molar-refractivity contribution in [3.8, 4) is 16.9 Å². The van der Waals surface area contributed by atoms with Gasteiger partial charge < -0.3 is 14.6 Å². The lowest BCUT2D eigenvalue weighted by atomic mass is 10.0. The molecule has 0 atom stereocenters. The Bertz CT molecular complexity index is 1230. The quantitative estimate of drug-likeness (QED) is 0.557. The normalized spacial score (nSPS) is 10.8. The average Bonchev–Trinajstić information content (AvgIpc) is 3.27. The summed E-state index contributed by atoms with van der Waals surface area (Å²) in [6, 6.07) is 18.2. The number of hydrogen-bond acceptors (Lipinski definition) is 4. The number of fused-ring (bicyclic) bond motifs is 1. The molecule has 2 aromatic heterocycles. The highest BCUT2D eigenvalue weighted by atomic mass is 32.1. The van der Waals surface area contributed by atoms with Crippen LogP contribution in [0.25, 0.3) is 22.0 Å². The first-order chi connectivity index (χ1) is 13.6. The van der Waals surface area contributed by atoms with Crippen molar-refractivity contribution in [3.05, 3.63) is 81.1 Å². The number of pyridine rings is 1. The molecule has 140 valence electrons. The second kappa shape index (κ2) is 7.32. The number of amides is 1. The lowest BCUT2D eigenvalue weighted by molar-refractivity contribution is 0.103. The molecule has 0 aliphatic heterocycles. The molecule has 0 radical (unpaired) electrons. The van der Waals surface area contributed by atoms with Crippen molar-refractivity contribution in [1.29, 1.82) is 0 Å². The lowest BCUT2D eigenvalue weighted by Gasteiger charge is -2.19. The summed E-state index contributed by atoms with van der Waals surface area (Å²) in [7, 11) is 3.40. The molecule has 0 fully saturated rings. The highest BCUT2D eigenvalue weighted by Crippen LogP contribution is 2.34. The van der Waals surface area contributed by atoms with Crippen molar-refractivity contribution in [2.24, 2.45) is 7.05 Å². The van der Waals surface area contributed by atoms with Crippen LogP contribution in [0.2, 0.25) is 0 Å². The van der Waals surface area contributed by atoms with Crippen molar-refractivity contribution < 1.29 is 9.53 Å². The van der Waals surface area contributed by atoms with E-state index < -0.39 is 0 Å². The summed E-state index contributed by atoms with van der Waals surface area (Å²) in [6.45, 7) is 0. The molecule has 0 spiro atoms. The van der Waals surface area contributed by atoms with E-state index in [1.165, 1.54) is 11.3 Å². The average molecular weight is 390 g/mol. The van der Waals surface area contributed by atoms with Gasteiger partial charge in [0.15, 0.2) is 5.43 Å². The second-order valence-electron chi connectivity index (χ2n) is 6.26. The Kier molecular flexibility index (Phi) is 4.71. The SMILES string of the molecule is COc1ccccc1-c1c(NC(=O)c2cccs2)n(C)c2ccccc2c1=O. The summed E-state index contributed by atoms with van der Waals surface area (Å²) in [4.78, 5) is 26.8. The smallest absolute Gasteiger partial charge is 0.266 e. The molecule has 2 heterocycles. The van der Waals surface area contributed by atoms with Crippen LogP contribution in [0, 0.1) is 0 Å². The van der Waals surface area contributed by atoms with Crippen molar-refractivity contribution >= 4 is 34.0 Å². The van der Waals surface area contributed by atoms with E-state index in [1.54, 1.807) is 25.3 Å².